The van der Waals surface area contributed by atoms with Crippen molar-refractivity contribution in [2.75, 3.05) is 20.2 Å². The average Bonchev–Trinajstić information content (AvgIpc) is 2.79. The number of hydrogen-bond acceptors (Lipinski definition) is 7. The van der Waals surface area contributed by atoms with E-state index in [2.05, 4.69) is 10.6 Å². The van der Waals surface area contributed by atoms with Crippen LogP contribution in [0.2, 0.25) is 0 Å². The van der Waals surface area contributed by atoms with Crippen LogP contribution < -0.4 is 15.4 Å². The number of amides is 3. The molecule has 33 heavy (non-hydrogen) atoms. The Kier molecular flexibility index (Phi) is 9.66. The van der Waals surface area contributed by atoms with Gasteiger partial charge in [-0.15, -0.1) is 0 Å². The van der Waals surface area contributed by atoms with E-state index in [1.54, 1.807) is 13.8 Å². The minimum absolute atomic E-state index is 0.0230. The molecule has 2 N–H and O–H groups in total. The normalized spacial score (nSPS) is 15.5. The fraction of sp³-hybridized carbons (Fsp3) is 0.591. The van der Waals surface area contributed by atoms with Crippen LogP contribution in [-0.2, 0) is 19.6 Å². The van der Waals surface area contributed by atoms with E-state index in [9.17, 15) is 22.8 Å². The molecular formula is C22H33N3O7S. The minimum Gasteiger partial charge on any atom is -0.495 e. The third kappa shape index (κ3) is 6.91. The Morgan fingerprint density at radius 1 is 1.12 bits per heavy atom. The SMILES string of the molecule is CCN(CC)S(=O)(=O)c1cc(C(=O)OC(C)C(=O)NC(=O)NC2CCCCC2)ccc1OC. The second-order valence-electron chi connectivity index (χ2n) is 7.80. The van der Waals surface area contributed by atoms with Crippen molar-refractivity contribution in [2.24, 2.45) is 0 Å². The van der Waals surface area contributed by atoms with Crippen molar-refractivity contribution >= 4 is 27.9 Å². The highest BCUT2D eigenvalue weighted by molar-refractivity contribution is 7.89. The predicted molar refractivity (Wildman–Crippen MR) is 122 cm³/mol. The van der Waals surface area contributed by atoms with Crippen LogP contribution in [0.1, 0.15) is 63.2 Å². The van der Waals surface area contributed by atoms with E-state index in [-0.39, 0.29) is 35.3 Å². The molecule has 2 rings (SSSR count). The Balaban J connectivity index is 2.07. The predicted octanol–water partition coefficient (Wildman–Crippen LogP) is 2.43. The van der Waals surface area contributed by atoms with Gasteiger partial charge in [0.2, 0.25) is 10.0 Å². The summed E-state index contributed by atoms with van der Waals surface area (Å²) in [6.45, 7) is 5.23. The molecule has 1 aromatic carbocycles. The number of carbonyl (C=O) groups is 3. The fourth-order valence-corrected chi connectivity index (χ4v) is 5.31. The van der Waals surface area contributed by atoms with Gasteiger partial charge in [-0.2, -0.15) is 4.31 Å². The zero-order valence-corrected chi connectivity index (χ0v) is 20.4. The molecule has 1 aliphatic rings. The summed E-state index contributed by atoms with van der Waals surface area (Å²) in [5, 5.41) is 4.93. The first-order valence-corrected chi connectivity index (χ1v) is 12.6. The van der Waals surface area contributed by atoms with Crippen molar-refractivity contribution in [3.05, 3.63) is 23.8 Å². The quantitative estimate of drug-likeness (QED) is 0.516. The Bertz CT molecular complexity index is 955. The molecule has 10 nitrogen and oxygen atoms in total. The molecule has 0 aromatic heterocycles. The number of esters is 1. The van der Waals surface area contributed by atoms with Gasteiger partial charge in [0.25, 0.3) is 5.91 Å². The van der Waals surface area contributed by atoms with Gasteiger partial charge in [0.15, 0.2) is 6.10 Å². The highest BCUT2D eigenvalue weighted by Crippen LogP contribution is 2.28. The summed E-state index contributed by atoms with van der Waals surface area (Å²) in [5.41, 5.74) is -0.0622. The summed E-state index contributed by atoms with van der Waals surface area (Å²) >= 11 is 0. The Morgan fingerprint density at radius 3 is 2.33 bits per heavy atom. The van der Waals surface area contributed by atoms with E-state index < -0.39 is 34.0 Å². The fourth-order valence-electron chi connectivity index (χ4n) is 3.67. The monoisotopic (exact) mass is 483 g/mol. The lowest BCUT2D eigenvalue weighted by atomic mass is 9.96. The second-order valence-corrected chi connectivity index (χ2v) is 9.71. The zero-order valence-electron chi connectivity index (χ0n) is 19.5. The number of benzene rings is 1. The number of rotatable bonds is 9. The molecule has 0 aliphatic heterocycles. The Hall–Kier alpha value is -2.66. The lowest BCUT2D eigenvalue weighted by Crippen LogP contribution is -2.48. The standard InChI is InChI=1S/C22H33N3O7S/c1-5-25(6-2)33(29,30)19-14-16(12-13-18(19)31-4)21(27)32-15(3)20(26)24-22(28)23-17-10-8-7-9-11-17/h12-15,17H,5-11H2,1-4H3,(H2,23,24,26,28). The summed E-state index contributed by atoms with van der Waals surface area (Å²) in [4.78, 5) is 36.8. The van der Waals surface area contributed by atoms with Gasteiger partial charge in [-0.05, 0) is 38.0 Å². The van der Waals surface area contributed by atoms with E-state index >= 15 is 0 Å². The summed E-state index contributed by atoms with van der Waals surface area (Å²) in [6.07, 6.45) is 3.65. The van der Waals surface area contributed by atoms with Crippen LogP contribution in [0.5, 0.6) is 5.75 Å². The highest BCUT2D eigenvalue weighted by atomic mass is 32.2. The number of methoxy groups -OCH3 is 1. The van der Waals surface area contributed by atoms with Crippen molar-refractivity contribution in [3.63, 3.8) is 0 Å². The highest BCUT2D eigenvalue weighted by Gasteiger charge is 2.28. The maximum Gasteiger partial charge on any atom is 0.338 e. The van der Waals surface area contributed by atoms with Gasteiger partial charge in [-0.1, -0.05) is 33.1 Å². The minimum atomic E-state index is -3.91. The van der Waals surface area contributed by atoms with Crippen molar-refractivity contribution in [1.29, 1.82) is 0 Å². The number of nitrogens with zero attached hydrogens (tertiary/aromatic N) is 1. The number of nitrogens with one attached hydrogen (secondary N) is 2. The van der Waals surface area contributed by atoms with Gasteiger partial charge in [0.05, 0.1) is 12.7 Å². The van der Waals surface area contributed by atoms with Gasteiger partial charge in [-0.3, -0.25) is 10.1 Å². The van der Waals surface area contributed by atoms with Gasteiger partial charge < -0.3 is 14.8 Å². The molecule has 1 unspecified atom stereocenters. The molecule has 0 saturated heterocycles. The topological polar surface area (TPSA) is 131 Å². The number of imide groups is 1. The molecule has 11 heteroatoms. The Labute approximate surface area is 195 Å². The van der Waals surface area contributed by atoms with Crippen LogP contribution in [0.3, 0.4) is 0 Å². The third-order valence-electron chi connectivity index (χ3n) is 5.55. The first-order valence-electron chi connectivity index (χ1n) is 11.1. The van der Waals surface area contributed by atoms with Crippen LogP contribution in [0.25, 0.3) is 0 Å². The van der Waals surface area contributed by atoms with E-state index in [0.29, 0.717) is 0 Å². The summed E-state index contributed by atoms with van der Waals surface area (Å²) in [7, 11) is -2.57. The summed E-state index contributed by atoms with van der Waals surface area (Å²) < 4.78 is 37.5. The zero-order chi connectivity index (χ0) is 24.6. The van der Waals surface area contributed by atoms with E-state index in [0.717, 1.165) is 38.2 Å². The molecule has 3 amide bonds. The van der Waals surface area contributed by atoms with Gasteiger partial charge in [-0.25, -0.2) is 18.0 Å². The maximum atomic E-state index is 12.9. The van der Waals surface area contributed by atoms with Gasteiger partial charge in [0.1, 0.15) is 10.6 Å². The van der Waals surface area contributed by atoms with Gasteiger partial charge >= 0.3 is 12.0 Å². The number of sulfonamides is 1. The lowest BCUT2D eigenvalue weighted by molar-refractivity contribution is -0.127. The molecule has 1 aliphatic carbocycles. The van der Waals surface area contributed by atoms with Crippen LogP contribution in [0.15, 0.2) is 23.1 Å². The lowest BCUT2D eigenvalue weighted by Gasteiger charge is -2.23. The van der Waals surface area contributed by atoms with Crippen molar-refractivity contribution in [1.82, 2.24) is 14.9 Å². The molecule has 1 atom stereocenters. The maximum absolute atomic E-state index is 12.9. The first kappa shape index (κ1) is 26.6. The summed E-state index contributed by atoms with van der Waals surface area (Å²) in [6, 6.07) is 3.26. The first-order chi connectivity index (χ1) is 15.6. The smallest absolute Gasteiger partial charge is 0.338 e. The van der Waals surface area contributed by atoms with Gasteiger partial charge in [0, 0.05) is 19.1 Å². The third-order valence-corrected chi connectivity index (χ3v) is 7.62. The van der Waals surface area contributed by atoms with Crippen LogP contribution in [0, 0.1) is 0 Å². The Morgan fingerprint density at radius 2 is 1.76 bits per heavy atom. The summed E-state index contributed by atoms with van der Waals surface area (Å²) in [5.74, 6) is -1.59. The molecule has 0 radical (unpaired) electrons. The van der Waals surface area contributed by atoms with Crippen LogP contribution >= 0.6 is 0 Å². The molecule has 1 fully saturated rings. The average molecular weight is 484 g/mol. The van der Waals surface area contributed by atoms with Crippen molar-refractivity contribution in [3.8, 4) is 5.75 Å². The van der Waals surface area contributed by atoms with E-state index in [1.165, 1.54) is 30.5 Å². The van der Waals surface area contributed by atoms with Crippen molar-refractivity contribution in [2.45, 2.75) is 69.9 Å². The number of hydrogen-bond donors (Lipinski definition) is 2. The largest absolute Gasteiger partial charge is 0.495 e. The molecule has 0 heterocycles. The molecular weight excluding hydrogens is 450 g/mol. The molecule has 184 valence electrons. The van der Waals surface area contributed by atoms with Crippen molar-refractivity contribution < 1.29 is 32.3 Å². The van der Waals surface area contributed by atoms with E-state index in [4.69, 9.17) is 9.47 Å². The number of urea groups is 1. The number of ether oxygens (including phenoxy) is 2. The molecule has 1 saturated carbocycles. The second kappa shape index (κ2) is 12.0. The molecule has 1 aromatic rings. The number of carbonyl (C=O) groups excluding carboxylic acids is 3. The van der Waals surface area contributed by atoms with Crippen LogP contribution in [-0.4, -0.2) is 63.0 Å². The van der Waals surface area contributed by atoms with E-state index in [1.807, 2.05) is 0 Å². The molecule has 0 bridgehead atoms. The van der Waals surface area contributed by atoms with Crippen LogP contribution in [0.4, 0.5) is 4.79 Å². The molecule has 0 spiro atoms.